The molecule has 0 atom stereocenters. The molecule has 1 aromatic heterocycles. The zero-order valence-electron chi connectivity index (χ0n) is 14.8. The first-order valence-corrected chi connectivity index (χ1v) is 8.92. The number of hydrogen-bond donors (Lipinski definition) is 0. The molecule has 23 heavy (non-hydrogen) atoms. The second-order valence-electron chi connectivity index (χ2n) is 6.12. The Bertz CT molecular complexity index is 492. The lowest BCUT2D eigenvalue weighted by atomic mass is 10.2. The lowest BCUT2D eigenvalue weighted by molar-refractivity contribution is 0.0643. The fourth-order valence-corrected chi connectivity index (χ4v) is 3.05. The van der Waals surface area contributed by atoms with Crippen LogP contribution >= 0.6 is 0 Å². The van der Waals surface area contributed by atoms with E-state index in [1.54, 1.807) is 6.20 Å². The molecule has 1 saturated heterocycles. The van der Waals surface area contributed by atoms with Gasteiger partial charge in [0.1, 0.15) is 5.82 Å². The van der Waals surface area contributed by atoms with E-state index in [0.29, 0.717) is 0 Å². The highest BCUT2D eigenvalue weighted by Gasteiger charge is 2.22. The summed E-state index contributed by atoms with van der Waals surface area (Å²) in [6.45, 7) is 13.1. The second kappa shape index (κ2) is 8.87. The summed E-state index contributed by atoms with van der Waals surface area (Å²) < 4.78 is 0. The van der Waals surface area contributed by atoms with Crippen molar-refractivity contribution in [1.29, 1.82) is 0 Å². The van der Waals surface area contributed by atoms with Crippen molar-refractivity contribution in [2.24, 2.45) is 0 Å². The van der Waals surface area contributed by atoms with Gasteiger partial charge in [-0.15, -0.1) is 0 Å². The Morgan fingerprint density at radius 3 is 2.35 bits per heavy atom. The van der Waals surface area contributed by atoms with Crippen molar-refractivity contribution in [3.8, 4) is 0 Å². The third kappa shape index (κ3) is 4.67. The number of aromatic nitrogens is 1. The molecule has 0 spiro atoms. The number of likely N-dealkylation sites (N-methyl/N-ethyl adjacent to an activating group) is 1. The summed E-state index contributed by atoms with van der Waals surface area (Å²) in [5.41, 5.74) is 0.761. The van der Waals surface area contributed by atoms with Crippen molar-refractivity contribution in [3.63, 3.8) is 0 Å². The van der Waals surface area contributed by atoms with Crippen LogP contribution in [0.15, 0.2) is 18.3 Å². The van der Waals surface area contributed by atoms with Crippen molar-refractivity contribution >= 4 is 11.7 Å². The van der Waals surface area contributed by atoms with Crippen LogP contribution in [-0.4, -0.2) is 66.5 Å². The number of carbonyl (C=O) groups is 1. The number of pyridine rings is 1. The lowest BCUT2D eigenvalue weighted by Crippen LogP contribution is -2.48. The van der Waals surface area contributed by atoms with E-state index in [0.717, 1.165) is 70.0 Å². The van der Waals surface area contributed by atoms with Crippen LogP contribution in [0.1, 0.15) is 44.0 Å². The average molecular weight is 318 g/mol. The first-order valence-electron chi connectivity index (χ1n) is 8.92. The molecule has 0 aromatic carbocycles. The van der Waals surface area contributed by atoms with Gasteiger partial charge in [-0.05, 0) is 31.5 Å². The molecule has 1 fully saturated rings. The van der Waals surface area contributed by atoms with Gasteiger partial charge in [0.05, 0.1) is 0 Å². The molecule has 1 aliphatic heterocycles. The molecule has 1 aliphatic rings. The Morgan fingerprint density at radius 2 is 1.78 bits per heavy atom. The topological polar surface area (TPSA) is 39.7 Å². The van der Waals surface area contributed by atoms with Crippen molar-refractivity contribution in [2.45, 2.75) is 33.6 Å². The van der Waals surface area contributed by atoms with E-state index >= 15 is 0 Å². The Hall–Kier alpha value is -1.62. The van der Waals surface area contributed by atoms with Gasteiger partial charge in [-0.25, -0.2) is 4.98 Å². The van der Waals surface area contributed by atoms with Crippen LogP contribution < -0.4 is 4.90 Å². The molecule has 0 saturated carbocycles. The van der Waals surface area contributed by atoms with E-state index in [9.17, 15) is 4.79 Å². The first-order chi connectivity index (χ1) is 11.2. The standard InChI is InChI=1S/C18H30N4O/c1-4-9-21(10-5-2)17-15-16(7-8-19-17)18(23)22-13-11-20(6-3)12-14-22/h7-8,15H,4-6,9-14H2,1-3H3. The van der Waals surface area contributed by atoms with Crippen LogP contribution in [0.2, 0.25) is 0 Å². The third-order valence-electron chi connectivity index (χ3n) is 4.41. The lowest BCUT2D eigenvalue weighted by Gasteiger charge is -2.34. The molecule has 5 heteroatoms. The molecule has 0 bridgehead atoms. The monoisotopic (exact) mass is 318 g/mol. The minimum atomic E-state index is 0.136. The maximum Gasteiger partial charge on any atom is 0.254 e. The zero-order chi connectivity index (χ0) is 16.7. The molecule has 1 aromatic rings. The molecule has 0 aliphatic carbocycles. The number of piperazine rings is 1. The summed E-state index contributed by atoms with van der Waals surface area (Å²) in [5.74, 6) is 1.06. The summed E-state index contributed by atoms with van der Waals surface area (Å²) in [4.78, 5) is 23.8. The molecule has 0 N–H and O–H groups in total. The highest BCUT2D eigenvalue weighted by molar-refractivity contribution is 5.95. The minimum absolute atomic E-state index is 0.136. The smallest absolute Gasteiger partial charge is 0.254 e. The molecular weight excluding hydrogens is 288 g/mol. The van der Waals surface area contributed by atoms with Gasteiger partial charge in [0.2, 0.25) is 0 Å². The third-order valence-corrected chi connectivity index (χ3v) is 4.41. The van der Waals surface area contributed by atoms with E-state index in [1.807, 2.05) is 17.0 Å². The Labute approximate surface area is 140 Å². The Kier molecular flexibility index (Phi) is 6.84. The summed E-state index contributed by atoms with van der Waals surface area (Å²) in [6.07, 6.45) is 3.93. The first kappa shape index (κ1) is 17.7. The number of hydrogen-bond acceptors (Lipinski definition) is 4. The number of rotatable bonds is 7. The van der Waals surface area contributed by atoms with E-state index in [-0.39, 0.29) is 5.91 Å². The summed E-state index contributed by atoms with van der Waals surface area (Å²) in [5, 5.41) is 0. The number of anilines is 1. The van der Waals surface area contributed by atoms with E-state index < -0.39 is 0 Å². The van der Waals surface area contributed by atoms with Gasteiger partial charge >= 0.3 is 0 Å². The molecular formula is C18H30N4O. The molecule has 5 nitrogen and oxygen atoms in total. The highest BCUT2D eigenvalue weighted by atomic mass is 16.2. The molecule has 0 unspecified atom stereocenters. The maximum atomic E-state index is 12.7. The Morgan fingerprint density at radius 1 is 1.13 bits per heavy atom. The fraction of sp³-hybridized carbons (Fsp3) is 0.667. The van der Waals surface area contributed by atoms with Crippen LogP contribution in [0, 0.1) is 0 Å². The predicted octanol–water partition coefficient (Wildman–Crippen LogP) is 2.49. The zero-order valence-corrected chi connectivity index (χ0v) is 14.8. The summed E-state index contributed by atoms with van der Waals surface area (Å²) in [6, 6.07) is 3.80. The second-order valence-corrected chi connectivity index (χ2v) is 6.12. The number of nitrogens with zero attached hydrogens (tertiary/aromatic N) is 4. The highest BCUT2D eigenvalue weighted by Crippen LogP contribution is 2.16. The van der Waals surface area contributed by atoms with Gasteiger partial charge < -0.3 is 14.7 Å². The van der Waals surface area contributed by atoms with Crippen molar-refractivity contribution < 1.29 is 4.79 Å². The molecule has 0 radical (unpaired) electrons. The van der Waals surface area contributed by atoms with Crippen LogP contribution in [0.25, 0.3) is 0 Å². The van der Waals surface area contributed by atoms with Crippen molar-refractivity contribution in [3.05, 3.63) is 23.9 Å². The molecule has 2 heterocycles. The van der Waals surface area contributed by atoms with Gasteiger partial charge in [0, 0.05) is 51.0 Å². The van der Waals surface area contributed by atoms with Crippen LogP contribution in [0.4, 0.5) is 5.82 Å². The molecule has 1 amide bonds. The normalized spacial score (nSPS) is 15.7. The fourth-order valence-electron chi connectivity index (χ4n) is 3.05. The quantitative estimate of drug-likeness (QED) is 0.774. The van der Waals surface area contributed by atoms with Crippen LogP contribution in [0.5, 0.6) is 0 Å². The van der Waals surface area contributed by atoms with E-state index in [1.165, 1.54) is 0 Å². The van der Waals surface area contributed by atoms with Crippen molar-refractivity contribution in [2.75, 3.05) is 50.7 Å². The summed E-state index contributed by atoms with van der Waals surface area (Å²) in [7, 11) is 0. The van der Waals surface area contributed by atoms with E-state index in [2.05, 4.69) is 35.6 Å². The Balaban J connectivity index is 2.07. The largest absolute Gasteiger partial charge is 0.357 e. The van der Waals surface area contributed by atoms with Gasteiger partial charge in [0.15, 0.2) is 0 Å². The van der Waals surface area contributed by atoms with Gasteiger partial charge in [-0.2, -0.15) is 0 Å². The van der Waals surface area contributed by atoms with Crippen LogP contribution in [0.3, 0.4) is 0 Å². The SMILES string of the molecule is CCCN(CCC)c1cc(C(=O)N2CCN(CC)CC2)ccn1. The van der Waals surface area contributed by atoms with E-state index in [4.69, 9.17) is 0 Å². The molecule has 2 rings (SSSR count). The number of amides is 1. The van der Waals surface area contributed by atoms with Crippen molar-refractivity contribution in [1.82, 2.24) is 14.8 Å². The maximum absolute atomic E-state index is 12.7. The molecule has 128 valence electrons. The van der Waals surface area contributed by atoms with Gasteiger partial charge in [-0.3, -0.25) is 4.79 Å². The summed E-state index contributed by atoms with van der Waals surface area (Å²) >= 11 is 0. The predicted molar refractivity (Wildman–Crippen MR) is 95.0 cm³/mol. The average Bonchev–Trinajstić information content (AvgIpc) is 2.61. The van der Waals surface area contributed by atoms with Crippen LogP contribution in [-0.2, 0) is 0 Å². The van der Waals surface area contributed by atoms with Gasteiger partial charge in [0.25, 0.3) is 5.91 Å². The minimum Gasteiger partial charge on any atom is -0.357 e. The van der Waals surface area contributed by atoms with Gasteiger partial charge in [-0.1, -0.05) is 20.8 Å². The number of carbonyl (C=O) groups excluding carboxylic acids is 1.